The molecule has 0 saturated carbocycles. The maximum atomic E-state index is 9.58. The normalized spacial score (nSPS) is 13.2. The molecule has 1 aromatic rings. The minimum atomic E-state index is -0.395. The average Bonchev–Trinajstić information content (AvgIpc) is 2.47. The van der Waals surface area contributed by atoms with E-state index < -0.39 is 6.10 Å². The predicted molar refractivity (Wildman–Crippen MR) is 57.8 cm³/mol. The molecule has 0 saturated heterocycles. The van der Waals surface area contributed by atoms with E-state index in [0.717, 1.165) is 21.8 Å². The van der Waals surface area contributed by atoms with Crippen molar-refractivity contribution in [2.24, 2.45) is 0 Å². The Hall–Kier alpha value is 0.420. The van der Waals surface area contributed by atoms with Crippen LogP contribution in [0.25, 0.3) is 0 Å². The third kappa shape index (κ3) is 3.05. The highest BCUT2D eigenvalue weighted by molar-refractivity contribution is 9.10. The molecular formula is C7H10BrNOS2. The first kappa shape index (κ1) is 10.5. The summed E-state index contributed by atoms with van der Waals surface area (Å²) in [5, 5.41) is 12.3. The molecule has 0 aliphatic heterocycles. The average molecular weight is 268 g/mol. The third-order valence-corrected chi connectivity index (χ3v) is 3.67. The Morgan fingerprint density at radius 2 is 2.58 bits per heavy atom. The van der Waals surface area contributed by atoms with Crippen molar-refractivity contribution in [3.63, 3.8) is 0 Å². The van der Waals surface area contributed by atoms with E-state index in [1.165, 1.54) is 11.3 Å². The van der Waals surface area contributed by atoms with Gasteiger partial charge in [0.15, 0.2) is 0 Å². The number of aliphatic hydroxyl groups is 1. The summed E-state index contributed by atoms with van der Waals surface area (Å²) in [7, 11) is 0. The molecule has 1 unspecified atom stereocenters. The van der Waals surface area contributed by atoms with Crippen LogP contribution >= 0.6 is 39.0 Å². The maximum absolute atomic E-state index is 9.58. The predicted octanol–water partition coefficient (Wildman–Crippen LogP) is 2.69. The summed E-state index contributed by atoms with van der Waals surface area (Å²) in [6.07, 6.45) is 2.42. The van der Waals surface area contributed by atoms with Crippen molar-refractivity contribution in [1.82, 2.24) is 4.98 Å². The molecule has 2 nitrogen and oxygen atoms in total. The number of nitrogens with zero attached hydrogens (tertiary/aromatic N) is 1. The molecule has 5 heteroatoms. The lowest BCUT2D eigenvalue weighted by atomic mass is 10.3. The molecule has 1 N–H and O–H groups in total. The molecular weight excluding hydrogens is 258 g/mol. The van der Waals surface area contributed by atoms with Gasteiger partial charge in [0.1, 0.15) is 15.7 Å². The number of hydrogen-bond donors (Lipinski definition) is 1. The second-order valence-electron chi connectivity index (χ2n) is 2.31. The molecule has 1 aromatic heterocycles. The fourth-order valence-electron chi connectivity index (χ4n) is 0.773. The molecule has 0 fully saturated rings. The molecule has 68 valence electrons. The van der Waals surface area contributed by atoms with Crippen LogP contribution < -0.4 is 0 Å². The number of thioether (sulfide) groups is 1. The van der Waals surface area contributed by atoms with Crippen molar-refractivity contribution in [3.8, 4) is 0 Å². The van der Waals surface area contributed by atoms with E-state index in [-0.39, 0.29) is 0 Å². The highest BCUT2D eigenvalue weighted by atomic mass is 79.9. The molecule has 1 heterocycles. The van der Waals surface area contributed by atoms with Gasteiger partial charge in [-0.05, 0) is 34.4 Å². The summed E-state index contributed by atoms with van der Waals surface area (Å²) in [6.45, 7) is 0. The van der Waals surface area contributed by atoms with Crippen LogP contribution in [0.15, 0.2) is 9.98 Å². The molecule has 1 atom stereocenters. The number of hydrogen-bond acceptors (Lipinski definition) is 4. The van der Waals surface area contributed by atoms with Gasteiger partial charge >= 0.3 is 0 Å². The van der Waals surface area contributed by atoms with E-state index in [0.29, 0.717) is 0 Å². The Labute approximate surface area is 88.5 Å². The summed E-state index contributed by atoms with van der Waals surface area (Å²) in [5.74, 6) is 0.971. The number of thiazole rings is 1. The van der Waals surface area contributed by atoms with Crippen LogP contribution in [0.5, 0.6) is 0 Å². The van der Waals surface area contributed by atoms with Crippen LogP contribution in [-0.4, -0.2) is 22.1 Å². The molecule has 0 aliphatic carbocycles. The zero-order chi connectivity index (χ0) is 8.97. The minimum absolute atomic E-state index is 0.395. The molecule has 0 aliphatic rings. The van der Waals surface area contributed by atoms with E-state index in [1.807, 2.05) is 11.6 Å². The first-order valence-electron chi connectivity index (χ1n) is 3.52. The second-order valence-corrected chi connectivity index (χ2v) is 4.99. The number of aromatic nitrogens is 1. The SMILES string of the molecule is CSCCC(O)c1nc(Br)cs1. The molecule has 1 rings (SSSR count). The first-order chi connectivity index (χ1) is 5.74. The van der Waals surface area contributed by atoms with Crippen LogP contribution in [0.2, 0.25) is 0 Å². The highest BCUT2D eigenvalue weighted by Crippen LogP contribution is 2.24. The van der Waals surface area contributed by atoms with Gasteiger partial charge in [0.25, 0.3) is 0 Å². The highest BCUT2D eigenvalue weighted by Gasteiger charge is 2.10. The Bertz CT molecular complexity index is 241. The zero-order valence-electron chi connectivity index (χ0n) is 6.66. The van der Waals surface area contributed by atoms with Crippen molar-refractivity contribution in [3.05, 3.63) is 15.0 Å². The van der Waals surface area contributed by atoms with Crippen LogP contribution in [-0.2, 0) is 0 Å². The van der Waals surface area contributed by atoms with Crippen molar-refractivity contribution >= 4 is 39.0 Å². The quantitative estimate of drug-likeness (QED) is 0.911. The monoisotopic (exact) mass is 267 g/mol. The van der Waals surface area contributed by atoms with E-state index in [9.17, 15) is 5.11 Å². The first-order valence-corrected chi connectivity index (χ1v) is 6.58. The van der Waals surface area contributed by atoms with Gasteiger partial charge in [0, 0.05) is 5.38 Å². The summed E-state index contributed by atoms with van der Waals surface area (Å²) in [4.78, 5) is 4.14. The van der Waals surface area contributed by atoms with Crippen molar-refractivity contribution in [2.75, 3.05) is 12.0 Å². The lowest BCUT2D eigenvalue weighted by Crippen LogP contribution is -1.97. The molecule has 0 bridgehead atoms. The van der Waals surface area contributed by atoms with E-state index >= 15 is 0 Å². The standard InChI is InChI=1S/C7H10BrNOS2/c1-11-3-2-5(10)7-9-6(8)4-12-7/h4-5,10H,2-3H2,1H3. The number of halogens is 1. The fraction of sp³-hybridized carbons (Fsp3) is 0.571. The van der Waals surface area contributed by atoms with Crippen molar-refractivity contribution < 1.29 is 5.11 Å². The van der Waals surface area contributed by atoms with Crippen LogP contribution in [0.1, 0.15) is 17.5 Å². The van der Waals surface area contributed by atoms with Crippen LogP contribution in [0.3, 0.4) is 0 Å². The Kier molecular flexibility index (Phi) is 4.56. The second kappa shape index (κ2) is 5.21. The van der Waals surface area contributed by atoms with Gasteiger partial charge in [0.2, 0.25) is 0 Å². The van der Waals surface area contributed by atoms with E-state index in [4.69, 9.17) is 0 Å². The Balaban J connectivity index is 2.47. The largest absolute Gasteiger partial charge is 0.386 e. The van der Waals surface area contributed by atoms with E-state index in [2.05, 4.69) is 20.9 Å². The van der Waals surface area contributed by atoms with Crippen LogP contribution in [0, 0.1) is 0 Å². The summed E-state index contributed by atoms with van der Waals surface area (Å²) >= 11 is 6.48. The molecule has 12 heavy (non-hydrogen) atoms. The lowest BCUT2D eigenvalue weighted by Gasteiger charge is -2.04. The van der Waals surface area contributed by atoms with Crippen LogP contribution in [0.4, 0.5) is 0 Å². The zero-order valence-corrected chi connectivity index (χ0v) is 9.88. The van der Waals surface area contributed by atoms with Crippen molar-refractivity contribution in [1.29, 1.82) is 0 Å². The summed E-state index contributed by atoms with van der Waals surface area (Å²) in [5.41, 5.74) is 0. The van der Waals surface area contributed by atoms with Crippen molar-refractivity contribution in [2.45, 2.75) is 12.5 Å². The lowest BCUT2D eigenvalue weighted by molar-refractivity contribution is 0.174. The molecule has 0 aromatic carbocycles. The van der Waals surface area contributed by atoms with Gasteiger partial charge in [-0.25, -0.2) is 4.98 Å². The van der Waals surface area contributed by atoms with E-state index in [1.54, 1.807) is 11.8 Å². The maximum Gasteiger partial charge on any atom is 0.123 e. The topological polar surface area (TPSA) is 33.1 Å². The Morgan fingerprint density at radius 3 is 3.08 bits per heavy atom. The molecule has 0 radical (unpaired) electrons. The Morgan fingerprint density at radius 1 is 1.83 bits per heavy atom. The van der Waals surface area contributed by atoms with Gasteiger partial charge in [0.05, 0.1) is 0 Å². The minimum Gasteiger partial charge on any atom is -0.386 e. The third-order valence-electron chi connectivity index (χ3n) is 1.37. The van der Waals surface area contributed by atoms with Gasteiger partial charge in [-0.2, -0.15) is 11.8 Å². The van der Waals surface area contributed by atoms with Gasteiger partial charge in [-0.15, -0.1) is 11.3 Å². The number of aliphatic hydroxyl groups excluding tert-OH is 1. The summed E-state index contributed by atoms with van der Waals surface area (Å²) in [6, 6.07) is 0. The molecule has 0 spiro atoms. The number of rotatable bonds is 4. The summed E-state index contributed by atoms with van der Waals surface area (Å²) < 4.78 is 0.811. The fourth-order valence-corrected chi connectivity index (χ4v) is 2.52. The van der Waals surface area contributed by atoms with Gasteiger partial charge < -0.3 is 5.11 Å². The molecule has 0 amide bonds. The smallest absolute Gasteiger partial charge is 0.123 e. The van der Waals surface area contributed by atoms with Gasteiger partial charge in [-0.1, -0.05) is 0 Å². The van der Waals surface area contributed by atoms with Gasteiger partial charge in [-0.3, -0.25) is 0 Å².